The van der Waals surface area contributed by atoms with Gasteiger partial charge in [0.15, 0.2) is 6.54 Å². The fraction of sp³-hybridized carbons (Fsp3) is 0.316. The monoisotopic (exact) mass is 356 g/mol. The molecule has 2 aromatic carbocycles. The van der Waals surface area contributed by atoms with Gasteiger partial charge in [0.2, 0.25) is 0 Å². The van der Waals surface area contributed by atoms with E-state index in [0.29, 0.717) is 18.3 Å². The average molecular weight is 356 g/mol. The van der Waals surface area contributed by atoms with Crippen molar-refractivity contribution in [1.29, 1.82) is 0 Å². The Morgan fingerprint density at radius 1 is 1.27 bits per heavy atom. The number of benzene rings is 2. The fourth-order valence-corrected chi connectivity index (χ4v) is 2.96. The number of nitro groups is 1. The van der Waals surface area contributed by atoms with Crippen LogP contribution in [-0.2, 0) is 11.3 Å². The van der Waals surface area contributed by atoms with E-state index in [1.54, 1.807) is 19.2 Å². The van der Waals surface area contributed by atoms with Crippen LogP contribution in [0.2, 0.25) is 0 Å². The molecule has 1 aliphatic carbocycles. The van der Waals surface area contributed by atoms with E-state index in [1.807, 2.05) is 24.3 Å². The molecule has 1 unspecified atom stereocenters. The number of nitrogens with zero attached hydrogens (tertiary/aromatic N) is 1. The van der Waals surface area contributed by atoms with Crippen LogP contribution in [0, 0.1) is 10.1 Å². The largest absolute Gasteiger partial charge is 0.497 e. The zero-order valence-electron chi connectivity index (χ0n) is 14.6. The van der Waals surface area contributed by atoms with Crippen molar-refractivity contribution in [2.24, 2.45) is 0 Å². The Balaban J connectivity index is 1.61. The predicted octanol–water partition coefficient (Wildman–Crippen LogP) is 1.79. The molecule has 2 N–H and O–H groups in total. The molecule has 1 aliphatic rings. The van der Waals surface area contributed by atoms with Gasteiger partial charge in [-0.3, -0.25) is 14.9 Å². The molecule has 1 fully saturated rings. The fourth-order valence-electron chi connectivity index (χ4n) is 2.96. The molecule has 136 valence electrons. The molecule has 1 saturated carbocycles. The van der Waals surface area contributed by atoms with Crippen molar-refractivity contribution in [2.45, 2.75) is 25.4 Å². The summed E-state index contributed by atoms with van der Waals surface area (Å²) < 4.78 is 5.17. The van der Waals surface area contributed by atoms with Gasteiger partial charge in [0, 0.05) is 36.2 Å². The average Bonchev–Trinajstić information content (AvgIpc) is 3.47. The number of hydrogen-bond donors (Lipinski definition) is 2. The van der Waals surface area contributed by atoms with E-state index in [4.69, 9.17) is 4.74 Å². The third kappa shape index (κ3) is 4.80. The zero-order valence-corrected chi connectivity index (χ0v) is 14.6. The standard InChI is InChI=1S/C19H21N3O4/c1-26-18-9-5-14(6-10-18)12-21(16-7-8-16)13-19(23)20-15-3-2-4-17(11-15)22(24)25/h2-6,9-11,16H,7-8,12-13H2,1H3,(H,20,23)/p+1. The summed E-state index contributed by atoms with van der Waals surface area (Å²) in [5, 5.41) is 13.6. The molecule has 0 bridgehead atoms. The minimum atomic E-state index is -0.471. The van der Waals surface area contributed by atoms with E-state index >= 15 is 0 Å². The van der Waals surface area contributed by atoms with Gasteiger partial charge < -0.3 is 15.0 Å². The molecule has 7 heteroatoms. The molecule has 0 spiro atoms. The van der Waals surface area contributed by atoms with Crippen molar-refractivity contribution in [3.8, 4) is 5.75 Å². The van der Waals surface area contributed by atoms with Gasteiger partial charge >= 0.3 is 0 Å². The highest BCUT2D eigenvalue weighted by Crippen LogP contribution is 2.18. The van der Waals surface area contributed by atoms with Gasteiger partial charge in [0.05, 0.1) is 18.1 Å². The summed E-state index contributed by atoms with van der Waals surface area (Å²) in [6, 6.07) is 14.4. The van der Waals surface area contributed by atoms with Crippen molar-refractivity contribution in [1.82, 2.24) is 0 Å². The number of ether oxygens (including phenoxy) is 1. The molecule has 26 heavy (non-hydrogen) atoms. The van der Waals surface area contributed by atoms with Crippen molar-refractivity contribution >= 4 is 17.3 Å². The Kier molecular flexibility index (Phi) is 5.48. The topological polar surface area (TPSA) is 85.9 Å². The van der Waals surface area contributed by atoms with Gasteiger partial charge in [0.25, 0.3) is 11.6 Å². The first kappa shape index (κ1) is 17.9. The van der Waals surface area contributed by atoms with E-state index in [9.17, 15) is 14.9 Å². The number of carbonyl (C=O) groups excluding carboxylic acids is 1. The summed E-state index contributed by atoms with van der Waals surface area (Å²) in [6.07, 6.45) is 2.24. The maximum atomic E-state index is 12.4. The first-order valence-corrected chi connectivity index (χ1v) is 8.57. The lowest BCUT2D eigenvalue weighted by Gasteiger charge is -2.19. The van der Waals surface area contributed by atoms with Crippen LogP contribution in [0.15, 0.2) is 48.5 Å². The SMILES string of the molecule is COc1ccc(C[NH+](CC(=O)Nc2cccc([N+](=O)[O-])c2)C2CC2)cc1. The van der Waals surface area contributed by atoms with Gasteiger partial charge in [-0.1, -0.05) is 6.07 Å². The van der Waals surface area contributed by atoms with Crippen LogP contribution in [0.3, 0.4) is 0 Å². The Labute approximate surface area is 151 Å². The maximum absolute atomic E-state index is 12.4. The Morgan fingerprint density at radius 3 is 2.62 bits per heavy atom. The van der Waals surface area contributed by atoms with Crippen LogP contribution in [0.25, 0.3) is 0 Å². The van der Waals surface area contributed by atoms with Gasteiger partial charge in [-0.05, 0) is 30.3 Å². The lowest BCUT2D eigenvalue weighted by Crippen LogP contribution is -3.13. The van der Waals surface area contributed by atoms with Crippen LogP contribution in [0.5, 0.6) is 5.75 Å². The summed E-state index contributed by atoms with van der Waals surface area (Å²) in [6.45, 7) is 1.09. The van der Waals surface area contributed by atoms with E-state index in [2.05, 4.69) is 5.32 Å². The number of nitrogens with one attached hydrogen (secondary N) is 2. The van der Waals surface area contributed by atoms with Gasteiger partial charge in [-0.25, -0.2) is 0 Å². The molecule has 2 aromatic rings. The van der Waals surface area contributed by atoms with Crippen molar-refractivity contribution in [3.05, 3.63) is 64.2 Å². The van der Waals surface area contributed by atoms with Crippen molar-refractivity contribution in [2.75, 3.05) is 19.0 Å². The molecule has 0 saturated heterocycles. The smallest absolute Gasteiger partial charge is 0.279 e. The highest BCUT2D eigenvalue weighted by Gasteiger charge is 2.34. The molecule has 0 aliphatic heterocycles. The van der Waals surface area contributed by atoms with E-state index in [0.717, 1.165) is 30.7 Å². The molecule has 0 heterocycles. The summed E-state index contributed by atoms with van der Waals surface area (Å²) in [5.74, 6) is 0.672. The highest BCUT2D eigenvalue weighted by molar-refractivity contribution is 5.91. The van der Waals surface area contributed by atoms with Gasteiger partial charge in [0.1, 0.15) is 12.3 Å². The lowest BCUT2D eigenvalue weighted by molar-refractivity contribution is -0.916. The number of quaternary nitrogens is 1. The van der Waals surface area contributed by atoms with Crippen LogP contribution in [0.1, 0.15) is 18.4 Å². The molecule has 1 amide bonds. The number of hydrogen-bond acceptors (Lipinski definition) is 4. The summed E-state index contributed by atoms with van der Waals surface area (Å²) in [5.41, 5.74) is 1.56. The summed E-state index contributed by atoms with van der Waals surface area (Å²) in [4.78, 5) is 24.0. The van der Waals surface area contributed by atoms with Gasteiger partial charge in [-0.2, -0.15) is 0 Å². The molecule has 1 atom stereocenters. The van der Waals surface area contributed by atoms with Gasteiger partial charge in [-0.15, -0.1) is 0 Å². The number of carbonyl (C=O) groups is 1. The summed E-state index contributed by atoms with van der Waals surface area (Å²) >= 11 is 0. The normalized spacial score (nSPS) is 14.5. The quantitative estimate of drug-likeness (QED) is 0.558. The van der Waals surface area contributed by atoms with Crippen LogP contribution in [-0.4, -0.2) is 30.5 Å². The summed E-state index contributed by atoms with van der Waals surface area (Å²) in [7, 11) is 1.63. The lowest BCUT2D eigenvalue weighted by atomic mass is 10.2. The molecule has 0 aromatic heterocycles. The first-order valence-electron chi connectivity index (χ1n) is 8.57. The number of anilines is 1. The molecule has 7 nitrogen and oxygen atoms in total. The van der Waals surface area contributed by atoms with Crippen molar-refractivity contribution < 1.29 is 19.4 Å². The van der Waals surface area contributed by atoms with E-state index < -0.39 is 4.92 Å². The van der Waals surface area contributed by atoms with E-state index in [1.165, 1.54) is 17.0 Å². The highest BCUT2D eigenvalue weighted by atomic mass is 16.6. The second-order valence-corrected chi connectivity index (χ2v) is 6.49. The Hall–Kier alpha value is -2.93. The van der Waals surface area contributed by atoms with Crippen molar-refractivity contribution in [3.63, 3.8) is 0 Å². The third-order valence-electron chi connectivity index (χ3n) is 4.47. The van der Waals surface area contributed by atoms with Crippen LogP contribution in [0.4, 0.5) is 11.4 Å². The predicted molar refractivity (Wildman–Crippen MR) is 97.3 cm³/mol. The van der Waals surface area contributed by atoms with Crippen LogP contribution >= 0.6 is 0 Å². The first-order chi connectivity index (χ1) is 12.5. The number of rotatable bonds is 8. The molecule has 3 rings (SSSR count). The second kappa shape index (κ2) is 7.97. The minimum Gasteiger partial charge on any atom is -0.497 e. The Bertz CT molecular complexity index is 788. The molecule has 0 radical (unpaired) electrons. The second-order valence-electron chi connectivity index (χ2n) is 6.49. The Morgan fingerprint density at radius 2 is 2.00 bits per heavy atom. The number of non-ortho nitro benzene ring substituents is 1. The maximum Gasteiger partial charge on any atom is 0.279 e. The minimum absolute atomic E-state index is 0.0348. The van der Waals surface area contributed by atoms with Crippen LogP contribution < -0.4 is 15.0 Å². The molecular formula is C19H22N3O4+. The van der Waals surface area contributed by atoms with E-state index in [-0.39, 0.29) is 11.6 Å². The number of methoxy groups -OCH3 is 1. The number of amides is 1. The third-order valence-corrected chi connectivity index (χ3v) is 4.47. The zero-order chi connectivity index (χ0) is 18.5. The number of nitro benzene ring substituents is 1. The molecular weight excluding hydrogens is 334 g/mol.